The van der Waals surface area contributed by atoms with Crippen molar-refractivity contribution in [3.63, 3.8) is 0 Å². The van der Waals surface area contributed by atoms with Crippen molar-refractivity contribution in [2.75, 3.05) is 13.2 Å². The molecule has 106 valence electrons. The van der Waals surface area contributed by atoms with Crippen LogP contribution in [0.1, 0.15) is 54.4 Å². The summed E-state index contributed by atoms with van der Waals surface area (Å²) < 4.78 is 5.92. The Labute approximate surface area is 106 Å². The van der Waals surface area contributed by atoms with Crippen LogP contribution in [0, 0.1) is 0 Å². The van der Waals surface area contributed by atoms with Gasteiger partial charge in [0.15, 0.2) is 0 Å². The van der Waals surface area contributed by atoms with Crippen LogP contribution in [0.3, 0.4) is 0 Å². The lowest BCUT2D eigenvalue weighted by Crippen LogP contribution is -2.35. The Hall–Kier alpha value is -0.160. The Morgan fingerprint density at radius 3 is 1.29 bits per heavy atom. The Morgan fingerprint density at radius 1 is 0.882 bits per heavy atom. The van der Waals surface area contributed by atoms with Gasteiger partial charge >= 0.3 is 0 Å². The zero-order valence-electron chi connectivity index (χ0n) is 12.2. The molecule has 0 atom stereocenters. The molecule has 3 N–H and O–H groups in total. The lowest BCUT2D eigenvalue weighted by atomic mass is 10.0. The molecule has 4 nitrogen and oxygen atoms in total. The molecule has 0 aliphatic heterocycles. The lowest BCUT2D eigenvalue weighted by Gasteiger charge is -2.34. The highest BCUT2D eigenvalue weighted by Gasteiger charge is 2.25. The molecular weight excluding hydrogens is 220 g/mol. The molecule has 0 aromatic carbocycles. The van der Waals surface area contributed by atoms with E-state index in [0.29, 0.717) is 0 Å². The molecule has 0 unspecified atom stereocenters. The third-order valence-corrected chi connectivity index (χ3v) is 2.68. The van der Waals surface area contributed by atoms with E-state index in [1.807, 2.05) is 0 Å². The van der Waals surface area contributed by atoms with Crippen LogP contribution in [0.2, 0.25) is 0 Å². The van der Waals surface area contributed by atoms with Gasteiger partial charge in [0, 0.05) is 0 Å². The number of hydrogen-bond acceptors (Lipinski definition) is 4. The van der Waals surface area contributed by atoms with E-state index in [2.05, 4.69) is 41.5 Å². The zero-order valence-corrected chi connectivity index (χ0v) is 12.2. The summed E-state index contributed by atoms with van der Waals surface area (Å²) in [6.45, 7) is 12.2. The van der Waals surface area contributed by atoms with Crippen molar-refractivity contribution in [2.24, 2.45) is 0 Å². The summed E-state index contributed by atoms with van der Waals surface area (Å²) in [4.78, 5) is 0. The third kappa shape index (κ3) is 12.1. The second-order valence-electron chi connectivity index (χ2n) is 5.35. The third-order valence-electron chi connectivity index (χ3n) is 2.68. The van der Waals surface area contributed by atoms with E-state index >= 15 is 0 Å². The second kappa shape index (κ2) is 8.86. The Balaban J connectivity index is 0. The summed E-state index contributed by atoms with van der Waals surface area (Å²) >= 11 is 0. The van der Waals surface area contributed by atoms with Gasteiger partial charge in [0.1, 0.15) is 6.10 Å². The van der Waals surface area contributed by atoms with Crippen molar-refractivity contribution in [3.05, 3.63) is 0 Å². The van der Waals surface area contributed by atoms with Crippen LogP contribution in [0.4, 0.5) is 0 Å². The fraction of sp³-hybridized carbons (Fsp3) is 1.00. The van der Waals surface area contributed by atoms with E-state index in [9.17, 15) is 0 Å². The monoisotopic (exact) mass is 250 g/mol. The van der Waals surface area contributed by atoms with Crippen LogP contribution < -0.4 is 0 Å². The first kappa shape index (κ1) is 19.2. The van der Waals surface area contributed by atoms with Crippen LogP contribution in [0.15, 0.2) is 0 Å². The predicted octanol–water partition coefficient (Wildman–Crippen LogP) is 1.71. The fourth-order valence-electron chi connectivity index (χ4n) is 0.950. The van der Waals surface area contributed by atoms with E-state index in [1.165, 1.54) is 0 Å². The molecule has 0 fully saturated rings. The summed E-state index contributed by atoms with van der Waals surface area (Å²) in [6, 6.07) is 0. The van der Waals surface area contributed by atoms with Gasteiger partial charge in [-0.1, -0.05) is 13.8 Å². The fourth-order valence-corrected chi connectivity index (χ4v) is 0.950. The van der Waals surface area contributed by atoms with Crippen LogP contribution >= 0.6 is 0 Å². The largest absolute Gasteiger partial charge is 0.394 e. The average molecular weight is 250 g/mol. The molecule has 0 heterocycles. The van der Waals surface area contributed by atoms with Gasteiger partial charge in [0.25, 0.3) is 0 Å². The standard InChI is InChI=1S/C10H22O.C3H8O3/c1-7-9(3,4)11-10(5,6)8-2;4-1-3(6)2-5/h7-8H2,1-6H3;3-6H,1-2H2. The molecule has 0 aromatic heterocycles. The maximum Gasteiger partial charge on any atom is 0.100 e. The predicted molar refractivity (Wildman–Crippen MR) is 70.0 cm³/mol. The minimum absolute atomic E-state index is 0.0273. The molecule has 0 aliphatic rings. The number of aliphatic hydroxyl groups is 3. The van der Waals surface area contributed by atoms with Crippen LogP contribution in [-0.4, -0.2) is 45.8 Å². The highest BCUT2D eigenvalue weighted by Crippen LogP contribution is 2.24. The summed E-state index contributed by atoms with van der Waals surface area (Å²) in [5, 5.41) is 24.0. The first-order valence-electron chi connectivity index (χ1n) is 6.24. The zero-order chi connectivity index (χ0) is 14.1. The highest BCUT2D eigenvalue weighted by molar-refractivity contribution is 4.74. The van der Waals surface area contributed by atoms with Gasteiger partial charge < -0.3 is 20.1 Å². The Morgan fingerprint density at radius 2 is 1.18 bits per heavy atom. The molecule has 0 rings (SSSR count). The van der Waals surface area contributed by atoms with Gasteiger partial charge in [-0.15, -0.1) is 0 Å². The first-order valence-corrected chi connectivity index (χ1v) is 6.24. The first-order chi connectivity index (χ1) is 7.64. The molecule has 0 radical (unpaired) electrons. The van der Waals surface area contributed by atoms with Crippen LogP contribution in [0.25, 0.3) is 0 Å². The quantitative estimate of drug-likeness (QED) is 0.671. The van der Waals surface area contributed by atoms with Crippen LogP contribution in [-0.2, 0) is 4.74 Å². The van der Waals surface area contributed by atoms with Gasteiger partial charge in [-0.25, -0.2) is 0 Å². The van der Waals surface area contributed by atoms with Crippen LogP contribution in [0.5, 0.6) is 0 Å². The lowest BCUT2D eigenvalue weighted by molar-refractivity contribution is -0.124. The van der Waals surface area contributed by atoms with Crippen molar-refractivity contribution in [2.45, 2.75) is 71.7 Å². The average Bonchev–Trinajstić information content (AvgIpc) is 2.27. The minimum Gasteiger partial charge on any atom is -0.394 e. The smallest absolute Gasteiger partial charge is 0.100 e. The normalized spacial score (nSPS) is 12.4. The molecule has 0 saturated heterocycles. The number of ether oxygens (including phenoxy) is 1. The molecular formula is C13H30O4. The topological polar surface area (TPSA) is 69.9 Å². The summed E-state index contributed by atoms with van der Waals surface area (Å²) in [6.07, 6.45) is 1.18. The number of aliphatic hydroxyl groups excluding tert-OH is 3. The van der Waals surface area contributed by atoms with Crippen molar-refractivity contribution in [1.82, 2.24) is 0 Å². The van der Waals surface area contributed by atoms with Gasteiger partial charge in [0.2, 0.25) is 0 Å². The SMILES string of the molecule is CCC(C)(C)OC(C)(C)CC.OCC(O)CO. The van der Waals surface area contributed by atoms with Gasteiger partial charge in [0.05, 0.1) is 24.4 Å². The van der Waals surface area contributed by atoms with E-state index in [-0.39, 0.29) is 24.4 Å². The van der Waals surface area contributed by atoms with Gasteiger partial charge in [-0.3, -0.25) is 0 Å². The second-order valence-corrected chi connectivity index (χ2v) is 5.35. The van der Waals surface area contributed by atoms with E-state index in [1.54, 1.807) is 0 Å². The molecule has 0 aliphatic carbocycles. The molecule has 0 bridgehead atoms. The summed E-state index contributed by atoms with van der Waals surface area (Å²) in [5.41, 5.74) is 0.0546. The summed E-state index contributed by atoms with van der Waals surface area (Å²) in [5.74, 6) is 0. The Kier molecular flexibility index (Phi) is 10.0. The molecule has 17 heavy (non-hydrogen) atoms. The van der Waals surface area contributed by atoms with E-state index in [0.717, 1.165) is 12.8 Å². The van der Waals surface area contributed by atoms with Crippen molar-refractivity contribution in [3.8, 4) is 0 Å². The molecule has 0 spiro atoms. The number of rotatable bonds is 6. The Bertz CT molecular complexity index is 160. The molecule has 0 saturated carbocycles. The van der Waals surface area contributed by atoms with Crippen molar-refractivity contribution < 1.29 is 20.1 Å². The highest BCUT2D eigenvalue weighted by atomic mass is 16.5. The number of hydrogen-bond donors (Lipinski definition) is 3. The van der Waals surface area contributed by atoms with E-state index < -0.39 is 6.10 Å². The van der Waals surface area contributed by atoms with Gasteiger partial charge in [-0.2, -0.15) is 0 Å². The van der Waals surface area contributed by atoms with Crippen molar-refractivity contribution >= 4 is 0 Å². The van der Waals surface area contributed by atoms with Gasteiger partial charge in [-0.05, 0) is 40.5 Å². The van der Waals surface area contributed by atoms with Crippen molar-refractivity contribution in [1.29, 1.82) is 0 Å². The molecule has 4 heteroatoms. The van der Waals surface area contributed by atoms with E-state index in [4.69, 9.17) is 20.1 Å². The minimum atomic E-state index is -0.954. The maximum absolute atomic E-state index is 8.17. The molecule has 0 amide bonds. The maximum atomic E-state index is 8.17. The summed E-state index contributed by atoms with van der Waals surface area (Å²) in [7, 11) is 0. The molecule has 0 aromatic rings.